The summed E-state index contributed by atoms with van der Waals surface area (Å²) in [6.07, 6.45) is 4.48. The van der Waals surface area contributed by atoms with Gasteiger partial charge in [0.25, 0.3) is 5.91 Å². The first kappa shape index (κ1) is 24.0. The minimum atomic E-state index is -0.145. The van der Waals surface area contributed by atoms with Crippen LogP contribution in [0.5, 0.6) is 0 Å². The number of aromatic nitrogens is 2. The van der Waals surface area contributed by atoms with Gasteiger partial charge in [-0.05, 0) is 47.5 Å². The van der Waals surface area contributed by atoms with Crippen molar-refractivity contribution >= 4 is 28.1 Å². The maximum atomic E-state index is 12.9. The Hall–Kier alpha value is -3.68. The molecule has 184 valence electrons. The lowest BCUT2D eigenvalue weighted by Crippen LogP contribution is -2.27. The largest absolute Gasteiger partial charge is 0.447 e. The average molecular weight is 499 g/mol. The molecule has 0 fully saturated rings. The molecular weight excluding hydrogens is 468 g/mol. The fourth-order valence-corrected chi connectivity index (χ4v) is 5.35. The SMILES string of the molecule is Cc1ccsc1CN(CCc1c[nH]c2ccccc12)Cc1nc(C(=O)N(C)Cc2ccccc2)co1. The van der Waals surface area contributed by atoms with E-state index in [1.165, 1.54) is 27.7 Å². The Morgan fingerprint density at radius 2 is 1.83 bits per heavy atom. The zero-order chi connectivity index (χ0) is 24.9. The van der Waals surface area contributed by atoms with E-state index in [4.69, 9.17) is 4.42 Å². The van der Waals surface area contributed by atoms with Gasteiger partial charge in [-0.1, -0.05) is 48.5 Å². The number of aromatic amines is 1. The molecule has 5 aromatic rings. The molecule has 0 atom stereocenters. The molecule has 0 aliphatic rings. The van der Waals surface area contributed by atoms with Crippen molar-refractivity contribution in [1.82, 2.24) is 19.8 Å². The standard InChI is InChI=1S/C29H30N4O2S/c1-21-13-15-36-27(21)18-33(14-12-23-16-30-25-11-7-6-10-24(23)25)19-28-31-26(20-35-28)29(34)32(2)17-22-8-4-3-5-9-22/h3-11,13,15-16,20,30H,12,14,17-19H2,1-2H3. The molecule has 0 saturated carbocycles. The van der Waals surface area contributed by atoms with Gasteiger partial charge in [-0.3, -0.25) is 9.69 Å². The number of para-hydroxylation sites is 1. The summed E-state index contributed by atoms with van der Waals surface area (Å²) >= 11 is 1.77. The normalized spacial score (nSPS) is 11.4. The number of benzene rings is 2. The third kappa shape index (κ3) is 5.58. The second-order valence-electron chi connectivity index (χ2n) is 9.12. The number of fused-ring (bicyclic) bond motifs is 1. The number of nitrogens with one attached hydrogen (secondary N) is 1. The maximum absolute atomic E-state index is 12.9. The predicted molar refractivity (Wildman–Crippen MR) is 144 cm³/mol. The Bertz CT molecular complexity index is 1440. The average Bonchev–Trinajstić information content (AvgIpc) is 3.63. The minimum absolute atomic E-state index is 0.145. The second kappa shape index (κ2) is 10.9. The Kier molecular flexibility index (Phi) is 7.30. The zero-order valence-electron chi connectivity index (χ0n) is 20.6. The van der Waals surface area contributed by atoms with E-state index in [2.05, 4.69) is 57.6 Å². The van der Waals surface area contributed by atoms with Gasteiger partial charge in [-0.25, -0.2) is 4.98 Å². The highest BCUT2D eigenvalue weighted by Crippen LogP contribution is 2.22. The molecule has 0 spiro atoms. The van der Waals surface area contributed by atoms with E-state index in [1.54, 1.807) is 23.3 Å². The van der Waals surface area contributed by atoms with Gasteiger partial charge in [0.2, 0.25) is 5.89 Å². The van der Waals surface area contributed by atoms with Crippen molar-refractivity contribution < 1.29 is 9.21 Å². The topological polar surface area (TPSA) is 65.4 Å². The lowest BCUT2D eigenvalue weighted by Gasteiger charge is -2.20. The number of thiophene rings is 1. The third-order valence-electron chi connectivity index (χ3n) is 6.45. The van der Waals surface area contributed by atoms with E-state index in [0.717, 1.165) is 30.6 Å². The Labute approximate surface area is 215 Å². The van der Waals surface area contributed by atoms with E-state index in [1.807, 2.05) is 36.4 Å². The molecule has 0 aliphatic heterocycles. The molecule has 1 amide bonds. The molecule has 0 bridgehead atoms. The lowest BCUT2D eigenvalue weighted by molar-refractivity contribution is 0.0779. The van der Waals surface area contributed by atoms with E-state index in [0.29, 0.717) is 24.7 Å². The maximum Gasteiger partial charge on any atom is 0.275 e. The van der Waals surface area contributed by atoms with Crippen LogP contribution in [0.15, 0.2) is 82.9 Å². The monoisotopic (exact) mass is 498 g/mol. The van der Waals surface area contributed by atoms with Crippen LogP contribution in [0.25, 0.3) is 10.9 Å². The van der Waals surface area contributed by atoms with E-state index < -0.39 is 0 Å². The first-order chi connectivity index (χ1) is 17.6. The molecule has 36 heavy (non-hydrogen) atoms. The van der Waals surface area contributed by atoms with Crippen molar-refractivity contribution in [2.24, 2.45) is 0 Å². The van der Waals surface area contributed by atoms with Crippen LogP contribution in [0.4, 0.5) is 0 Å². The molecule has 3 heterocycles. The number of rotatable bonds is 10. The Morgan fingerprint density at radius 3 is 2.64 bits per heavy atom. The van der Waals surface area contributed by atoms with Crippen molar-refractivity contribution in [2.45, 2.75) is 33.0 Å². The Morgan fingerprint density at radius 1 is 1.03 bits per heavy atom. The fourth-order valence-electron chi connectivity index (χ4n) is 4.40. The summed E-state index contributed by atoms with van der Waals surface area (Å²) in [6.45, 7) is 4.87. The molecule has 7 heteroatoms. The number of aryl methyl sites for hydroxylation is 1. The molecule has 6 nitrogen and oxygen atoms in total. The van der Waals surface area contributed by atoms with Crippen LogP contribution in [0.1, 0.15) is 37.9 Å². The molecule has 0 unspecified atom stereocenters. The predicted octanol–water partition coefficient (Wildman–Crippen LogP) is 6.04. The first-order valence-corrected chi connectivity index (χ1v) is 13.0. The number of carbonyl (C=O) groups excluding carboxylic acids is 1. The number of H-pyrrole nitrogens is 1. The molecule has 3 aromatic heterocycles. The van der Waals surface area contributed by atoms with Gasteiger partial charge in [0.1, 0.15) is 6.26 Å². The molecular formula is C29H30N4O2S. The molecule has 0 aliphatic carbocycles. The second-order valence-corrected chi connectivity index (χ2v) is 10.1. The number of hydrogen-bond donors (Lipinski definition) is 1. The third-order valence-corrected chi connectivity index (χ3v) is 7.45. The highest BCUT2D eigenvalue weighted by atomic mass is 32.1. The van der Waals surface area contributed by atoms with E-state index in [-0.39, 0.29) is 5.91 Å². The number of hydrogen-bond acceptors (Lipinski definition) is 5. The van der Waals surface area contributed by atoms with E-state index in [9.17, 15) is 4.79 Å². The van der Waals surface area contributed by atoms with Gasteiger partial charge in [-0.15, -0.1) is 11.3 Å². The van der Waals surface area contributed by atoms with Gasteiger partial charge in [0, 0.05) is 48.7 Å². The van der Waals surface area contributed by atoms with Crippen LogP contribution < -0.4 is 0 Å². The van der Waals surface area contributed by atoms with Gasteiger partial charge in [0.15, 0.2) is 5.69 Å². The highest BCUT2D eigenvalue weighted by Gasteiger charge is 2.19. The summed E-state index contributed by atoms with van der Waals surface area (Å²) in [6, 6.07) is 20.5. The van der Waals surface area contributed by atoms with Crippen LogP contribution in [0.2, 0.25) is 0 Å². The van der Waals surface area contributed by atoms with E-state index >= 15 is 0 Å². The summed E-state index contributed by atoms with van der Waals surface area (Å²) in [7, 11) is 1.79. The lowest BCUT2D eigenvalue weighted by atomic mass is 10.1. The van der Waals surface area contributed by atoms with Crippen LogP contribution >= 0.6 is 11.3 Å². The Balaban J connectivity index is 1.28. The summed E-state index contributed by atoms with van der Waals surface area (Å²) < 4.78 is 5.77. The van der Waals surface area contributed by atoms with Crippen molar-refractivity contribution in [3.8, 4) is 0 Å². The summed E-state index contributed by atoms with van der Waals surface area (Å²) in [5, 5.41) is 3.39. The number of nitrogens with zero attached hydrogens (tertiary/aromatic N) is 3. The van der Waals surface area contributed by atoms with Gasteiger partial charge < -0.3 is 14.3 Å². The molecule has 5 rings (SSSR count). The fraction of sp³-hybridized carbons (Fsp3) is 0.241. The van der Waals surface area contributed by atoms with Crippen molar-refractivity contribution in [3.05, 3.63) is 112 Å². The van der Waals surface area contributed by atoms with Gasteiger partial charge in [-0.2, -0.15) is 0 Å². The summed E-state index contributed by atoms with van der Waals surface area (Å²) in [5.41, 5.74) is 5.16. The smallest absolute Gasteiger partial charge is 0.275 e. The van der Waals surface area contributed by atoms with Gasteiger partial charge >= 0.3 is 0 Å². The molecule has 0 radical (unpaired) electrons. The van der Waals surface area contributed by atoms with Gasteiger partial charge in [0.05, 0.1) is 6.54 Å². The molecule has 0 saturated heterocycles. The van der Waals surface area contributed by atoms with Crippen molar-refractivity contribution in [3.63, 3.8) is 0 Å². The summed E-state index contributed by atoms with van der Waals surface area (Å²) in [4.78, 5) is 26.2. The van der Waals surface area contributed by atoms with Crippen molar-refractivity contribution in [1.29, 1.82) is 0 Å². The number of oxazole rings is 1. The summed E-state index contributed by atoms with van der Waals surface area (Å²) in [5.74, 6) is 0.410. The quantitative estimate of drug-likeness (QED) is 0.255. The molecule has 1 N–H and O–H groups in total. The van der Waals surface area contributed by atoms with Crippen molar-refractivity contribution in [2.75, 3.05) is 13.6 Å². The van der Waals surface area contributed by atoms with Crippen LogP contribution in [0, 0.1) is 6.92 Å². The highest BCUT2D eigenvalue weighted by molar-refractivity contribution is 7.10. The zero-order valence-corrected chi connectivity index (χ0v) is 21.4. The van der Waals surface area contributed by atoms with Crippen LogP contribution in [-0.2, 0) is 26.1 Å². The van der Waals surface area contributed by atoms with Crippen LogP contribution in [0.3, 0.4) is 0 Å². The minimum Gasteiger partial charge on any atom is -0.447 e. The number of amides is 1. The van der Waals surface area contributed by atoms with Crippen LogP contribution in [-0.4, -0.2) is 39.3 Å². The molecule has 2 aromatic carbocycles. The first-order valence-electron chi connectivity index (χ1n) is 12.1. The number of carbonyl (C=O) groups is 1.